The van der Waals surface area contributed by atoms with Gasteiger partial charge in [-0.1, -0.05) is 50.2 Å². The minimum absolute atomic E-state index is 0.0275. The molecule has 1 amide bonds. The predicted molar refractivity (Wildman–Crippen MR) is 221 cm³/mol. The smallest absolute Gasteiger partial charge is 0.303 e. The first-order chi connectivity index (χ1) is 26.0. The number of carbonyl (C=O) groups excluding carboxylic acids is 1. The number of thiophene rings is 2. The van der Waals surface area contributed by atoms with Crippen molar-refractivity contribution in [2.75, 3.05) is 48.1 Å². The van der Waals surface area contributed by atoms with Crippen molar-refractivity contribution < 1.29 is 31.5 Å². The Labute approximate surface area is 332 Å². The van der Waals surface area contributed by atoms with Crippen LogP contribution < -0.4 is 14.8 Å². The van der Waals surface area contributed by atoms with Crippen LogP contribution in [0, 0.1) is 23.7 Å². The molecular weight excluding hydrogens is 777 g/mol. The SMILES string of the molecule is CC1(c2cccc(NS(C)(=O)=O)c2)C2CN(C(=O)CCc3cccs3)CC21.CC1(c2cccc(NS(C)(=O)=O)c2)C2CNCC21.O=C(O)CCc1cccs1. The highest BCUT2D eigenvalue weighted by Crippen LogP contribution is 2.63. The number of nitrogens with zero attached hydrogens (tertiary/aromatic N) is 1. The Morgan fingerprint density at radius 1 is 0.727 bits per heavy atom. The van der Waals surface area contributed by atoms with E-state index in [0.29, 0.717) is 47.9 Å². The average molecular weight is 827 g/mol. The van der Waals surface area contributed by atoms with Crippen LogP contribution in [0.2, 0.25) is 0 Å². The van der Waals surface area contributed by atoms with Crippen LogP contribution in [-0.2, 0) is 53.3 Å². The zero-order valence-electron chi connectivity index (χ0n) is 31.5. The van der Waals surface area contributed by atoms with Gasteiger partial charge in [0.15, 0.2) is 0 Å². The summed E-state index contributed by atoms with van der Waals surface area (Å²) < 4.78 is 50.6. The molecule has 0 bridgehead atoms. The van der Waals surface area contributed by atoms with E-state index in [1.807, 2.05) is 58.1 Å². The number of carboxylic acids is 1. The molecule has 8 rings (SSSR count). The fourth-order valence-corrected chi connectivity index (χ4v) is 11.1. The summed E-state index contributed by atoms with van der Waals surface area (Å²) >= 11 is 3.30. The van der Waals surface area contributed by atoms with Gasteiger partial charge in [0.05, 0.1) is 18.9 Å². The highest BCUT2D eigenvalue weighted by atomic mass is 32.2. The van der Waals surface area contributed by atoms with Gasteiger partial charge < -0.3 is 15.3 Å². The summed E-state index contributed by atoms with van der Waals surface area (Å²) in [6.45, 7) is 8.26. The lowest BCUT2D eigenvalue weighted by atomic mass is 9.92. The minimum Gasteiger partial charge on any atom is -0.481 e. The molecule has 2 saturated heterocycles. The number of likely N-dealkylation sites (tertiary alicyclic amines) is 1. The summed E-state index contributed by atoms with van der Waals surface area (Å²) in [6, 6.07) is 23.4. The van der Waals surface area contributed by atoms with Crippen molar-refractivity contribution in [1.29, 1.82) is 0 Å². The van der Waals surface area contributed by atoms with Gasteiger partial charge in [-0.25, -0.2) is 16.8 Å². The summed E-state index contributed by atoms with van der Waals surface area (Å²) in [5.74, 6) is 1.82. The number of benzene rings is 2. The molecule has 4 aromatic rings. The van der Waals surface area contributed by atoms with E-state index in [1.165, 1.54) is 16.7 Å². The Hall–Kier alpha value is -3.76. The van der Waals surface area contributed by atoms with E-state index in [4.69, 9.17) is 5.11 Å². The van der Waals surface area contributed by atoms with Crippen LogP contribution in [0.5, 0.6) is 0 Å². The molecule has 15 heteroatoms. The number of sulfonamides is 2. The number of carboxylic acid groups (broad SMARTS) is 1. The van der Waals surface area contributed by atoms with Gasteiger partial charge >= 0.3 is 5.97 Å². The van der Waals surface area contributed by atoms with Gasteiger partial charge in [-0.15, -0.1) is 22.7 Å². The Bertz CT molecular complexity index is 2170. The molecule has 296 valence electrons. The van der Waals surface area contributed by atoms with Crippen molar-refractivity contribution in [1.82, 2.24) is 10.2 Å². The molecule has 4 fully saturated rings. The number of piperidine rings is 2. The van der Waals surface area contributed by atoms with Crippen LogP contribution in [0.3, 0.4) is 0 Å². The van der Waals surface area contributed by atoms with E-state index in [-0.39, 0.29) is 23.2 Å². The molecule has 4 N–H and O–H groups in total. The third-order valence-corrected chi connectivity index (χ3v) is 14.7. The Balaban J connectivity index is 0.000000157. The lowest BCUT2D eigenvalue weighted by Gasteiger charge is -2.25. The van der Waals surface area contributed by atoms with Crippen molar-refractivity contribution in [3.05, 3.63) is 104 Å². The summed E-state index contributed by atoms with van der Waals surface area (Å²) in [5, 5.41) is 15.7. The fourth-order valence-electron chi connectivity index (χ4n) is 8.53. The van der Waals surface area contributed by atoms with Crippen LogP contribution in [0.1, 0.15) is 47.6 Å². The third kappa shape index (κ3) is 9.98. The molecule has 0 radical (unpaired) electrons. The number of hydrogen-bond acceptors (Lipinski definition) is 9. The minimum atomic E-state index is -3.28. The normalized spacial score (nSPS) is 26.0. The molecule has 11 nitrogen and oxygen atoms in total. The van der Waals surface area contributed by atoms with Gasteiger partial charge in [-0.3, -0.25) is 19.0 Å². The summed E-state index contributed by atoms with van der Waals surface area (Å²) in [4.78, 5) is 27.0. The number of anilines is 2. The number of nitrogens with one attached hydrogen (secondary N) is 3. The first-order valence-corrected chi connectivity index (χ1v) is 23.9. The van der Waals surface area contributed by atoms with E-state index in [0.717, 1.165) is 49.3 Å². The monoisotopic (exact) mass is 826 g/mol. The number of rotatable bonds is 12. The average Bonchev–Trinajstić information content (AvgIpc) is 3.71. The van der Waals surface area contributed by atoms with E-state index in [2.05, 4.69) is 46.8 Å². The van der Waals surface area contributed by atoms with Crippen LogP contribution in [0.4, 0.5) is 11.4 Å². The van der Waals surface area contributed by atoms with Gasteiger partial charge in [0, 0.05) is 51.5 Å². The molecule has 4 heterocycles. The Morgan fingerprint density at radius 3 is 1.60 bits per heavy atom. The number of amides is 1. The van der Waals surface area contributed by atoms with E-state index in [1.54, 1.807) is 34.8 Å². The van der Waals surface area contributed by atoms with E-state index < -0.39 is 26.0 Å². The molecule has 2 aromatic heterocycles. The van der Waals surface area contributed by atoms with Crippen molar-refractivity contribution in [2.24, 2.45) is 23.7 Å². The lowest BCUT2D eigenvalue weighted by Crippen LogP contribution is -2.34. The molecule has 0 spiro atoms. The van der Waals surface area contributed by atoms with Crippen molar-refractivity contribution in [2.45, 2.75) is 50.4 Å². The van der Waals surface area contributed by atoms with Gasteiger partial charge in [0.2, 0.25) is 26.0 Å². The largest absolute Gasteiger partial charge is 0.481 e. The van der Waals surface area contributed by atoms with Crippen molar-refractivity contribution >= 4 is 66.0 Å². The number of aryl methyl sites for hydroxylation is 2. The van der Waals surface area contributed by atoms with Crippen LogP contribution in [0.15, 0.2) is 83.6 Å². The van der Waals surface area contributed by atoms with Crippen LogP contribution in [0.25, 0.3) is 0 Å². The number of aliphatic carboxylic acids is 1. The standard InChI is InChI=1S/C20H24N2O3S2.C13H18N2O2S.C7H8O2S/c1-20(14-5-3-6-15(11-14)21-27(2,24)25)17-12-22(13-18(17)20)19(23)9-8-16-7-4-10-26-16;1-13(11-7-14-8-12(11)13)9-4-3-5-10(6-9)15-18(2,16)17;8-7(9)4-3-6-2-1-5-10-6/h3-7,10-11,17-18,21H,8-9,12-13H2,1-2H3;3-6,11-12,14-15H,7-8H2,1-2H3;1-2,5H,3-4H2,(H,8,9). The van der Waals surface area contributed by atoms with Gasteiger partial charge in [0.1, 0.15) is 0 Å². The van der Waals surface area contributed by atoms with Gasteiger partial charge in [-0.2, -0.15) is 0 Å². The number of carbonyl (C=O) groups is 2. The Morgan fingerprint density at radius 2 is 1.18 bits per heavy atom. The molecule has 2 aliphatic heterocycles. The lowest BCUT2D eigenvalue weighted by molar-refractivity contribution is -0.137. The fraction of sp³-hybridized carbons (Fsp3) is 0.450. The quantitative estimate of drug-likeness (QED) is 0.135. The van der Waals surface area contributed by atoms with Crippen molar-refractivity contribution in [3.8, 4) is 0 Å². The maximum atomic E-state index is 12.5. The molecule has 55 heavy (non-hydrogen) atoms. The third-order valence-electron chi connectivity index (χ3n) is 11.7. The second-order valence-electron chi connectivity index (χ2n) is 15.4. The zero-order valence-corrected chi connectivity index (χ0v) is 34.8. The molecular formula is C40H50N4O7S4. The highest BCUT2D eigenvalue weighted by molar-refractivity contribution is 7.92. The molecule has 2 aliphatic carbocycles. The number of hydrogen-bond donors (Lipinski definition) is 4. The summed E-state index contributed by atoms with van der Waals surface area (Å²) in [7, 11) is -6.48. The molecule has 4 unspecified atom stereocenters. The topological polar surface area (TPSA) is 162 Å². The second-order valence-corrected chi connectivity index (χ2v) is 21.0. The van der Waals surface area contributed by atoms with E-state index >= 15 is 0 Å². The van der Waals surface area contributed by atoms with Crippen LogP contribution >= 0.6 is 22.7 Å². The van der Waals surface area contributed by atoms with Gasteiger partial charge in [-0.05, 0) is 108 Å². The van der Waals surface area contributed by atoms with E-state index in [9.17, 15) is 26.4 Å². The first-order valence-electron chi connectivity index (χ1n) is 18.4. The van der Waals surface area contributed by atoms with Crippen LogP contribution in [-0.4, -0.2) is 77.4 Å². The summed E-state index contributed by atoms with van der Waals surface area (Å²) in [6.07, 6.45) is 4.63. The van der Waals surface area contributed by atoms with Crippen molar-refractivity contribution in [3.63, 3.8) is 0 Å². The zero-order chi connectivity index (χ0) is 39.6. The van der Waals surface area contributed by atoms with Gasteiger partial charge in [0.25, 0.3) is 0 Å². The predicted octanol–water partition coefficient (Wildman–Crippen LogP) is 6.03. The molecule has 4 aliphatic rings. The molecule has 2 saturated carbocycles. The first kappa shape index (κ1) is 40.9. The summed E-state index contributed by atoms with van der Waals surface area (Å²) in [5.41, 5.74) is 3.91. The number of fused-ring (bicyclic) bond motifs is 2. The molecule has 2 aromatic carbocycles. The maximum Gasteiger partial charge on any atom is 0.303 e. The Kier molecular flexibility index (Phi) is 12.2. The highest BCUT2D eigenvalue weighted by Gasteiger charge is 2.66. The maximum absolute atomic E-state index is 12.5. The second kappa shape index (κ2) is 16.4. The molecule has 4 atom stereocenters.